The number of hydrazone groups is 1. The second kappa shape index (κ2) is 11.3. The van der Waals surface area contributed by atoms with E-state index in [1.165, 1.54) is 23.5 Å². The number of aliphatic carboxylic acids is 1. The molecule has 0 aliphatic rings. The molecule has 0 aliphatic heterocycles. The van der Waals surface area contributed by atoms with Gasteiger partial charge in [-0.2, -0.15) is 5.10 Å². The number of para-hydroxylation sites is 3. The van der Waals surface area contributed by atoms with Crippen LogP contribution in [0.3, 0.4) is 0 Å². The number of aromatic nitrogens is 2. The monoisotopic (exact) mass is 488 g/mol. The lowest BCUT2D eigenvalue weighted by molar-refractivity contribution is -0.139. The first kappa shape index (κ1) is 24.0. The van der Waals surface area contributed by atoms with Crippen molar-refractivity contribution < 1.29 is 19.4 Å². The number of hydrogen-bond acceptors (Lipinski definition) is 6. The van der Waals surface area contributed by atoms with Crippen molar-refractivity contribution in [1.82, 2.24) is 15.0 Å². The van der Waals surface area contributed by atoms with E-state index in [1.807, 2.05) is 24.3 Å². The third-order valence-electron chi connectivity index (χ3n) is 5.08. The molecule has 0 bridgehead atoms. The predicted molar refractivity (Wildman–Crippen MR) is 136 cm³/mol. The Hall–Kier alpha value is -4.11. The van der Waals surface area contributed by atoms with Crippen molar-refractivity contribution in [3.63, 3.8) is 0 Å². The van der Waals surface area contributed by atoms with Crippen LogP contribution in [0.25, 0.3) is 11.0 Å². The molecule has 4 aromatic rings. The molecule has 0 saturated carbocycles. The molecule has 0 radical (unpaired) electrons. The van der Waals surface area contributed by atoms with Gasteiger partial charge in [0.05, 0.1) is 29.5 Å². The molecule has 0 fully saturated rings. The van der Waals surface area contributed by atoms with E-state index in [0.717, 1.165) is 21.8 Å². The van der Waals surface area contributed by atoms with Gasteiger partial charge < -0.3 is 14.4 Å². The molecule has 8 nitrogen and oxygen atoms in total. The summed E-state index contributed by atoms with van der Waals surface area (Å²) in [6, 6.07) is 23.1. The quantitative estimate of drug-likeness (QED) is 0.198. The Balaban J connectivity index is 1.41. The molecule has 2 N–H and O–H groups in total. The molecule has 1 aromatic heterocycles. The number of nitrogens with zero attached hydrogens (tertiary/aromatic N) is 3. The van der Waals surface area contributed by atoms with Gasteiger partial charge in [-0.3, -0.25) is 4.79 Å². The fourth-order valence-electron chi connectivity index (χ4n) is 3.39. The fourth-order valence-corrected chi connectivity index (χ4v) is 4.19. The van der Waals surface area contributed by atoms with E-state index in [4.69, 9.17) is 14.8 Å². The number of carbonyl (C=O) groups excluding carboxylic acids is 1. The molecule has 1 heterocycles. The van der Waals surface area contributed by atoms with Gasteiger partial charge in [-0.25, -0.2) is 15.2 Å². The lowest BCUT2D eigenvalue weighted by Gasteiger charge is -2.09. The standard InChI is InChI=1S/C26H24N4O4S/c1-18-10-12-19(13-11-18)15-30-22-8-4-3-7-21(22)28-26(30)35-17-24(31)29-27-14-20-6-2-5-9-23(20)34-16-25(32)33/h2-14H,15-17H2,1H3,(H,29,31)(H,32,33)/b27-14-. The van der Waals surface area contributed by atoms with Crippen molar-refractivity contribution in [2.24, 2.45) is 5.10 Å². The zero-order valence-corrected chi connectivity index (χ0v) is 19.9. The molecule has 178 valence electrons. The number of hydrogen-bond donors (Lipinski definition) is 2. The third-order valence-corrected chi connectivity index (χ3v) is 6.05. The number of fused-ring (bicyclic) bond motifs is 1. The number of rotatable bonds is 10. The number of imidazole rings is 1. The smallest absolute Gasteiger partial charge is 0.341 e. The van der Waals surface area contributed by atoms with Crippen molar-refractivity contribution >= 4 is 40.9 Å². The molecule has 9 heteroatoms. The zero-order chi connectivity index (χ0) is 24.6. The summed E-state index contributed by atoms with van der Waals surface area (Å²) < 4.78 is 7.35. The van der Waals surface area contributed by atoms with E-state index < -0.39 is 12.6 Å². The van der Waals surface area contributed by atoms with Gasteiger partial charge in [-0.05, 0) is 36.8 Å². The largest absolute Gasteiger partial charge is 0.481 e. The summed E-state index contributed by atoms with van der Waals surface area (Å²) in [5.41, 5.74) is 7.29. The summed E-state index contributed by atoms with van der Waals surface area (Å²) in [4.78, 5) is 27.9. The number of ether oxygens (including phenoxy) is 1. The van der Waals surface area contributed by atoms with Crippen LogP contribution in [0.2, 0.25) is 0 Å². The van der Waals surface area contributed by atoms with Crippen LogP contribution in [0.15, 0.2) is 83.1 Å². The Labute approximate surface area is 206 Å². The van der Waals surface area contributed by atoms with Crippen molar-refractivity contribution in [3.8, 4) is 5.75 Å². The minimum atomic E-state index is -1.07. The van der Waals surface area contributed by atoms with Crippen LogP contribution in [0.5, 0.6) is 5.75 Å². The maximum atomic E-state index is 12.4. The van der Waals surface area contributed by atoms with Crippen LogP contribution in [-0.2, 0) is 16.1 Å². The number of aryl methyl sites for hydroxylation is 1. The van der Waals surface area contributed by atoms with Gasteiger partial charge in [0.1, 0.15) is 5.75 Å². The molecular weight excluding hydrogens is 464 g/mol. The first-order chi connectivity index (χ1) is 17.0. The summed E-state index contributed by atoms with van der Waals surface area (Å²) in [5.74, 6) is -0.863. The Morgan fingerprint density at radius 2 is 1.83 bits per heavy atom. The van der Waals surface area contributed by atoms with Crippen LogP contribution in [0, 0.1) is 6.92 Å². The van der Waals surface area contributed by atoms with Crippen molar-refractivity contribution in [3.05, 3.63) is 89.5 Å². The number of amides is 1. The molecule has 3 aromatic carbocycles. The molecule has 1 amide bonds. The highest BCUT2D eigenvalue weighted by atomic mass is 32.2. The van der Waals surface area contributed by atoms with Crippen LogP contribution >= 0.6 is 11.8 Å². The molecule has 0 saturated heterocycles. The zero-order valence-electron chi connectivity index (χ0n) is 19.0. The minimum absolute atomic E-state index is 0.131. The molecular formula is C26H24N4O4S. The van der Waals surface area contributed by atoms with Crippen LogP contribution in [0.1, 0.15) is 16.7 Å². The van der Waals surface area contributed by atoms with E-state index in [1.54, 1.807) is 24.3 Å². The number of thioether (sulfide) groups is 1. The Bertz CT molecular complexity index is 1370. The number of carboxylic acids is 1. The van der Waals surface area contributed by atoms with Gasteiger partial charge in [0, 0.05) is 5.56 Å². The second-order valence-corrected chi connectivity index (χ2v) is 8.70. The number of carbonyl (C=O) groups is 2. The van der Waals surface area contributed by atoms with Crippen molar-refractivity contribution in [1.29, 1.82) is 0 Å². The van der Waals surface area contributed by atoms with Crippen LogP contribution in [0.4, 0.5) is 0 Å². The number of carboxylic acid groups (broad SMARTS) is 1. The van der Waals surface area contributed by atoms with Gasteiger partial charge >= 0.3 is 5.97 Å². The minimum Gasteiger partial charge on any atom is -0.481 e. The van der Waals surface area contributed by atoms with E-state index in [0.29, 0.717) is 17.9 Å². The fraction of sp³-hybridized carbons (Fsp3) is 0.154. The first-order valence-corrected chi connectivity index (χ1v) is 11.9. The van der Waals surface area contributed by atoms with E-state index in [9.17, 15) is 9.59 Å². The SMILES string of the molecule is Cc1ccc(Cn2c(SCC(=O)N/N=C\c3ccccc3OCC(=O)O)nc3ccccc32)cc1. The van der Waals surface area contributed by atoms with Crippen LogP contribution in [-0.4, -0.2) is 45.1 Å². The number of nitrogens with one attached hydrogen (secondary N) is 1. The van der Waals surface area contributed by atoms with Gasteiger partial charge in [0.25, 0.3) is 5.91 Å². The Kier molecular flexibility index (Phi) is 7.79. The van der Waals surface area contributed by atoms with E-state index in [2.05, 4.69) is 46.3 Å². The van der Waals surface area contributed by atoms with Gasteiger partial charge in [0.15, 0.2) is 11.8 Å². The third kappa shape index (κ3) is 6.48. The highest BCUT2D eigenvalue weighted by Gasteiger charge is 2.13. The van der Waals surface area contributed by atoms with Crippen molar-refractivity contribution in [2.75, 3.05) is 12.4 Å². The summed E-state index contributed by atoms with van der Waals surface area (Å²) in [6.45, 7) is 2.24. The lowest BCUT2D eigenvalue weighted by atomic mass is 10.1. The summed E-state index contributed by atoms with van der Waals surface area (Å²) in [6.07, 6.45) is 1.42. The molecule has 0 unspecified atom stereocenters. The summed E-state index contributed by atoms with van der Waals surface area (Å²) in [7, 11) is 0. The Morgan fingerprint density at radius 3 is 2.63 bits per heavy atom. The topological polar surface area (TPSA) is 106 Å². The molecule has 0 atom stereocenters. The highest BCUT2D eigenvalue weighted by molar-refractivity contribution is 7.99. The molecule has 0 aliphatic carbocycles. The van der Waals surface area contributed by atoms with E-state index in [-0.39, 0.29) is 11.7 Å². The normalized spacial score (nSPS) is 11.1. The molecule has 4 rings (SSSR count). The average Bonchev–Trinajstić information content (AvgIpc) is 3.20. The Morgan fingerprint density at radius 1 is 1.09 bits per heavy atom. The summed E-state index contributed by atoms with van der Waals surface area (Å²) in [5, 5.41) is 13.5. The number of benzene rings is 3. The second-order valence-electron chi connectivity index (χ2n) is 7.76. The van der Waals surface area contributed by atoms with E-state index >= 15 is 0 Å². The van der Waals surface area contributed by atoms with Crippen LogP contribution < -0.4 is 10.2 Å². The summed E-state index contributed by atoms with van der Waals surface area (Å²) >= 11 is 1.34. The predicted octanol–water partition coefficient (Wildman–Crippen LogP) is 4.10. The highest BCUT2D eigenvalue weighted by Crippen LogP contribution is 2.25. The molecule has 35 heavy (non-hydrogen) atoms. The maximum Gasteiger partial charge on any atom is 0.341 e. The average molecular weight is 489 g/mol. The first-order valence-electron chi connectivity index (χ1n) is 10.9. The van der Waals surface area contributed by atoms with Gasteiger partial charge in [-0.1, -0.05) is 65.9 Å². The maximum absolute atomic E-state index is 12.4. The van der Waals surface area contributed by atoms with Crippen molar-refractivity contribution in [2.45, 2.75) is 18.6 Å². The lowest BCUT2D eigenvalue weighted by Crippen LogP contribution is -2.20. The van der Waals surface area contributed by atoms with Gasteiger partial charge in [0.2, 0.25) is 0 Å². The van der Waals surface area contributed by atoms with Gasteiger partial charge in [-0.15, -0.1) is 0 Å². The molecule has 0 spiro atoms.